The zero-order valence-corrected chi connectivity index (χ0v) is 17.4. The molecule has 0 bridgehead atoms. The zero-order valence-electron chi connectivity index (χ0n) is 16.6. The number of H-pyrrole nitrogens is 1. The molecule has 0 saturated heterocycles. The Balaban J connectivity index is 1.75. The number of benzene rings is 1. The average molecular weight is 414 g/mol. The van der Waals surface area contributed by atoms with Crippen LogP contribution in [-0.4, -0.2) is 40.0 Å². The molecule has 8 heteroatoms. The van der Waals surface area contributed by atoms with Crippen molar-refractivity contribution in [3.8, 4) is 22.4 Å². The molecule has 152 valence electrons. The van der Waals surface area contributed by atoms with Crippen LogP contribution in [0.3, 0.4) is 0 Å². The number of hydrogen-bond acceptors (Lipinski definition) is 5. The van der Waals surface area contributed by atoms with Crippen LogP contribution in [0.4, 0.5) is 10.6 Å². The molecule has 0 atom stereocenters. The van der Waals surface area contributed by atoms with Crippen molar-refractivity contribution in [2.75, 3.05) is 18.4 Å². The molecule has 0 aliphatic rings. The second kappa shape index (κ2) is 8.96. The molecule has 1 aromatic carbocycles. The first-order valence-corrected chi connectivity index (χ1v) is 9.67. The predicted octanol–water partition coefficient (Wildman–Crippen LogP) is 4.73. The van der Waals surface area contributed by atoms with Gasteiger partial charge in [0.1, 0.15) is 5.60 Å². The van der Waals surface area contributed by atoms with Crippen LogP contribution < -0.4 is 10.6 Å². The fourth-order valence-corrected chi connectivity index (χ4v) is 2.88. The van der Waals surface area contributed by atoms with E-state index < -0.39 is 11.7 Å². The van der Waals surface area contributed by atoms with Gasteiger partial charge in [-0.25, -0.2) is 4.79 Å². The number of nitrogens with zero attached hydrogens (tertiary/aromatic N) is 2. The third kappa shape index (κ3) is 5.71. The summed E-state index contributed by atoms with van der Waals surface area (Å²) in [6.07, 6.45) is 3.03. The Hall–Kier alpha value is -3.06. The Bertz CT molecular complexity index is 949. The molecule has 0 saturated carbocycles. The van der Waals surface area contributed by atoms with E-state index in [1.54, 1.807) is 12.4 Å². The van der Waals surface area contributed by atoms with Crippen LogP contribution >= 0.6 is 11.6 Å². The lowest BCUT2D eigenvalue weighted by molar-refractivity contribution is 0.0530. The van der Waals surface area contributed by atoms with Gasteiger partial charge in [0.05, 0.1) is 11.3 Å². The number of aromatic nitrogens is 3. The fraction of sp³-hybridized carbons (Fsp3) is 0.286. The Labute approximate surface area is 174 Å². The number of pyridine rings is 1. The number of hydrogen-bond donors (Lipinski definition) is 3. The van der Waals surface area contributed by atoms with Crippen LogP contribution in [0.2, 0.25) is 5.02 Å². The van der Waals surface area contributed by atoms with Crippen LogP contribution in [0.1, 0.15) is 20.8 Å². The van der Waals surface area contributed by atoms with E-state index in [0.717, 1.165) is 22.4 Å². The first-order valence-electron chi connectivity index (χ1n) is 9.29. The van der Waals surface area contributed by atoms with Crippen LogP contribution in [0.25, 0.3) is 22.4 Å². The van der Waals surface area contributed by atoms with Crippen molar-refractivity contribution in [2.45, 2.75) is 26.4 Å². The molecule has 0 unspecified atom stereocenters. The van der Waals surface area contributed by atoms with Gasteiger partial charge in [-0.2, -0.15) is 5.10 Å². The average Bonchev–Trinajstić information content (AvgIpc) is 3.09. The molecule has 7 nitrogen and oxygen atoms in total. The summed E-state index contributed by atoms with van der Waals surface area (Å²) >= 11 is 6.02. The first-order chi connectivity index (χ1) is 13.8. The number of nitrogens with one attached hydrogen (secondary N) is 3. The Morgan fingerprint density at radius 1 is 1.07 bits per heavy atom. The maximum Gasteiger partial charge on any atom is 0.407 e. The standard InChI is InChI=1S/C21H24ClN5O2/c1-21(2,3)29-20(28)25-13-12-24-19-17(14-8-10-23-11-9-14)18(26-27-19)15-4-6-16(22)7-5-15/h4-11H,12-13H2,1-3H3,(H,25,28)(H2,24,26,27). The van der Waals surface area contributed by atoms with Crippen LogP contribution in [0.5, 0.6) is 0 Å². The fourth-order valence-electron chi connectivity index (χ4n) is 2.75. The normalized spacial score (nSPS) is 11.2. The van der Waals surface area contributed by atoms with Gasteiger partial charge in [0.2, 0.25) is 0 Å². The van der Waals surface area contributed by atoms with Gasteiger partial charge >= 0.3 is 6.09 Å². The molecular weight excluding hydrogens is 390 g/mol. The summed E-state index contributed by atoms with van der Waals surface area (Å²) in [6, 6.07) is 11.4. The summed E-state index contributed by atoms with van der Waals surface area (Å²) in [5.41, 5.74) is 3.21. The van der Waals surface area contributed by atoms with Crippen molar-refractivity contribution >= 4 is 23.5 Å². The van der Waals surface area contributed by atoms with Gasteiger partial charge < -0.3 is 15.4 Å². The van der Waals surface area contributed by atoms with Crippen LogP contribution in [0, 0.1) is 0 Å². The van der Waals surface area contributed by atoms with E-state index in [2.05, 4.69) is 25.8 Å². The highest BCUT2D eigenvalue weighted by Gasteiger charge is 2.18. The smallest absolute Gasteiger partial charge is 0.407 e. The highest BCUT2D eigenvalue weighted by atomic mass is 35.5. The monoisotopic (exact) mass is 413 g/mol. The molecule has 0 aliphatic carbocycles. The highest BCUT2D eigenvalue weighted by Crippen LogP contribution is 2.36. The second-order valence-corrected chi connectivity index (χ2v) is 7.86. The number of carbonyl (C=O) groups is 1. The van der Waals surface area contributed by atoms with E-state index in [4.69, 9.17) is 16.3 Å². The molecule has 0 fully saturated rings. The summed E-state index contributed by atoms with van der Waals surface area (Å²) in [4.78, 5) is 15.9. The number of rotatable bonds is 6. The van der Waals surface area contributed by atoms with Crippen molar-refractivity contribution < 1.29 is 9.53 Å². The third-order valence-electron chi connectivity index (χ3n) is 3.95. The van der Waals surface area contributed by atoms with Gasteiger partial charge in [0, 0.05) is 36.1 Å². The first kappa shape index (κ1) is 20.7. The van der Waals surface area contributed by atoms with E-state index in [9.17, 15) is 4.79 Å². The van der Waals surface area contributed by atoms with Gasteiger partial charge in [0.25, 0.3) is 0 Å². The van der Waals surface area contributed by atoms with E-state index >= 15 is 0 Å². The molecule has 0 aliphatic heterocycles. The van der Waals surface area contributed by atoms with Gasteiger partial charge in [-0.05, 0) is 50.6 Å². The Kier molecular flexibility index (Phi) is 6.39. The predicted molar refractivity (Wildman–Crippen MR) is 115 cm³/mol. The summed E-state index contributed by atoms with van der Waals surface area (Å²) in [5, 5.41) is 14.2. The molecule has 2 heterocycles. The van der Waals surface area contributed by atoms with E-state index in [1.165, 1.54) is 0 Å². The quantitative estimate of drug-likeness (QED) is 0.508. The Morgan fingerprint density at radius 2 is 1.76 bits per heavy atom. The number of ether oxygens (including phenoxy) is 1. The number of alkyl carbamates (subject to hydrolysis) is 1. The van der Waals surface area contributed by atoms with E-state index in [-0.39, 0.29) is 0 Å². The van der Waals surface area contributed by atoms with Gasteiger partial charge in [-0.15, -0.1) is 0 Å². The van der Waals surface area contributed by atoms with Crippen molar-refractivity contribution in [1.29, 1.82) is 0 Å². The third-order valence-corrected chi connectivity index (χ3v) is 4.21. The topological polar surface area (TPSA) is 91.9 Å². The maximum absolute atomic E-state index is 11.8. The molecule has 2 aromatic heterocycles. The molecule has 1 amide bonds. The molecular formula is C21H24ClN5O2. The van der Waals surface area contributed by atoms with E-state index in [1.807, 2.05) is 57.2 Å². The minimum absolute atomic E-state index is 0.397. The van der Waals surface area contributed by atoms with Crippen molar-refractivity contribution in [3.05, 3.63) is 53.8 Å². The van der Waals surface area contributed by atoms with Crippen molar-refractivity contribution in [3.63, 3.8) is 0 Å². The number of anilines is 1. The molecule has 29 heavy (non-hydrogen) atoms. The molecule has 3 aromatic rings. The van der Waals surface area contributed by atoms with Crippen LogP contribution in [0.15, 0.2) is 48.8 Å². The lowest BCUT2D eigenvalue weighted by Gasteiger charge is -2.19. The van der Waals surface area contributed by atoms with Crippen LogP contribution in [-0.2, 0) is 4.74 Å². The number of aromatic amines is 1. The zero-order chi connectivity index (χ0) is 20.9. The number of carbonyl (C=O) groups excluding carboxylic acids is 1. The molecule has 3 N–H and O–H groups in total. The largest absolute Gasteiger partial charge is 0.444 e. The molecule has 0 radical (unpaired) electrons. The lowest BCUT2D eigenvalue weighted by Crippen LogP contribution is -2.35. The maximum atomic E-state index is 11.8. The van der Waals surface area contributed by atoms with Gasteiger partial charge in [-0.3, -0.25) is 10.1 Å². The highest BCUT2D eigenvalue weighted by molar-refractivity contribution is 6.30. The van der Waals surface area contributed by atoms with E-state index in [0.29, 0.717) is 23.9 Å². The minimum atomic E-state index is -0.526. The van der Waals surface area contributed by atoms with Crippen molar-refractivity contribution in [1.82, 2.24) is 20.5 Å². The summed E-state index contributed by atoms with van der Waals surface area (Å²) in [5.74, 6) is 0.687. The summed E-state index contributed by atoms with van der Waals surface area (Å²) < 4.78 is 5.24. The lowest BCUT2D eigenvalue weighted by atomic mass is 10.0. The van der Waals surface area contributed by atoms with Gasteiger partial charge in [0.15, 0.2) is 5.82 Å². The summed E-state index contributed by atoms with van der Waals surface area (Å²) in [6.45, 7) is 6.37. The molecule has 0 spiro atoms. The Morgan fingerprint density at radius 3 is 2.41 bits per heavy atom. The molecule has 3 rings (SSSR count). The minimum Gasteiger partial charge on any atom is -0.444 e. The number of halogens is 1. The number of amides is 1. The summed E-state index contributed by atoms with van der Waals surface area (Å²) in [7, 11) is 0. The van der Waals surface area contributed by atoms with Crippen molar-refractivity contribution in [2.24, 2.45) is 0 Å². The second-order valence-electron chi connectivity index (χ2n) is 7.42. The van der Waals surface area contributed by atoms with Gasteiger partial charge in [-0.1, -0.05) is 23.7 Å². The SMILES string of the molecule is CC(C)(C)OC(=O)NCCNc1n[nH]c(-c2ccc(Cl)cc2)c1-c1ccncc1.